The molecule has 5 heteroatoms. The van der Waals surface area contributed by atoms with Crippen LogP contribution in [0.2, 0.25) is 0 Å². The summed E-state index contributed by atoms with van der Waals surface area (Å²) in [6, 6.07) is 17.0. The second kappa shape index (κ2) is 8.71. The van der Waals surface area contributed by atoms with Crippen molar-refractivity contribution in [1.29, 1.82) is 0 Å². The SMILES string of the molecule is COC(=O)[C@@H]1CCCN1C(=O)CC(C)c1cccc(Oc2ccccc2)c1. The second-order valence-corrected chi connectivity index (χ2v) is 6.86. The van der Waals surface area contributed by atoms with Gasteiger partial charge in [0.1, 0.15) is 17.5 Å². The van der Waals surface area contributed by atoms with Gasteiger partial charge in [-0.3, -0.25) is 4.79 Å². The summed E-state index contributed by atoms with van der Waals surface area (Å²) in [4.78, 5) is 26.3. The van der Waals surface area contributed by atoms with Gasteiger partial charge in [-0.05, 0) is 48.6 Å². The van der Waals surface area contributed by atoms with Crippen LogP contribution in [0.25, 0.3) is 0 Å². The highest BCUT2D eigenvalue weighted by molar-refractivity contribution is 5.85. The van der Waals surface area contributed by atoms with Gasteiger partial charge in [0.25, 0.3) is 0 Å². The Balaban J connectivity index is 1.65. The molecule has 1 amide bonds. The van der Waals surface area contributed by atoms with Gasteiger partial charge in [0, 0.05) is 13.0 Å². The molecule has 5 nitrogen and oxygen atoms in total. The predicted octanol–water partition coefficient (Wildman–Crippen LogP) is 4.14. The molecule has 0 bridgehead atoms. The lowest BCUT2D eigenvalue weighted by molar-refractivity contribution is -0.151. The number of methoxy groups -OCH3 is 1. The molecule has 2 aromatic rings. The quantitative estimate of drug-likeness (QED) is 0.720. The standard InChI is InChI=1S/C22H25NO4/c1-16(14-21(24)23-13-7-12-20(23)22(25)26-2)17-8-6-11-19(15-17)27-18-9-4-3-5-10-18/h3-6,8-11,15-16,20H,7,12-14H2,1-2H3/t16?,20-/m0/s1. The largest absolute Gasteiger partial charge is 0.467 e. The minimum atomic E-state index is -0.442. The number of ether oxygens (including phenoxy) is 2. The molecule has 3 rings (SSSR count). The Morgan fingerprint density at radius 2 is 1.85 bits per heavy atom. The zero-order valence-corrected chi connectivity index (χ0v) is 15.8. The van der Waals surface area contributed by atoms with Gasteiger partial charge in [-0.1, -0.05) is 37.3 Å². The van der Waals surface area contributed by atoms with Gasteiger partial charge >= 0.3 is 5.97 Å². The van der Waals surface area contributed by atoms with Crippen molar-refractivity contribution in [3.63, 3.8) is 0 Å². The first-order valence-electron chi connectivity index (χ1n) is 9.28. The summed E-state index contributed by atoms with van der Waals surface area (Å²) in [7, 11) is 1.37. The minimum Gasteiger partial charge on any atom is -0.467 e. The molecule has 2 aromatic carbocycles. The number of nitrogens with zero attached hydrogens (tertiary/aromatic N) is 1. The molecule has 1 saturated heterocycles. The van der Waals surface area contributed by atoms with Crippen LogP contribution < -0.4 is 4.74 Å². The molecule has 0 aromatic heterocycles. The number of hydrogen-bond acceptors (Lipinski definition) is 4. The fourth-order valence-electron chi connectivity index (χ4n) is 3.45. The summed E-state index contributed by atoms with van der Waals surface area (Å²) in [6.45, 7) is 2.63. The van der Waals surface area contributed by atoms with E-state index in [-0.39, 0.29) is 17.8 Å². The fraction of sp³-hybridized carbons (Fsp3) is 0.364. The highest BCUT2D eigenvalue weighted by Gasteiger charge is 2.35. The molecular formula is C22H25NO4. The smallest absolute Gasteiger partial charge is 0.328 e. The molecule has 1 aliphatic heterocycles. The lowest BCUT2D eigenvalue weighted by Crippen LogP contribution is -2.41. The van der Waals surface area contributed by atoms with Gasteiger partial charge in [0.15, 0.2) is 0 Å². The van der Waals surface area contributed by atoms with E-state index < -0.39 is 6.04 Å². The lowest BCUT2D eigenvalue weighted by atomic mass is 9.97. The monoisotopic (exact) mass is 367 g/mol. The van der Waals surface area contributed by atoms with Crippen molar-refractivity contribution in [2.45, 2.75) is 38.1 Å². The number of para-hydroxylation sites is 1. The first-order chi connectivity index (χ1) is 13.1. The molecule has 1 fully saturated rings. The van der Waals surface area contributed by atoms with Crippen molar-refractivity contribution < 1.29 is 19.1 Å². The molecule has 0 saturated carbocycles. The van der Waals surface area contributed by atoms with E-state index in [0.717, 1.165) is 23.5 Å². The van der Waals surface area contributed by atoms with Crippen molar-refractivity contribution in [2.75, 3.05) is 13.7 Å². The van der Waals surface area contributed by atoms with Crippen molar-refractivity contribution >= 4 is 11.9 Å². The molecule has 1 unspecified atom stereocenters. The van der Waals surface area contributed by atoms with Crippen molar-refractivity contribution in [2.24, 2.45) is 0 Å². The molecule has 0 aliphatic carbocycles. The van der Waals surface area contributed by atoms with Crippen molar-refractivity contribution in [3.05, 3.63) is 60.2 Å². The van der Waals surface area contributed by atoms with Crippen LogP contribution in [0, 0.1) is 0 Å². The summed E-state index contributed by atoms with van der Waals surface area (Å²) >= 11 is 0. The number of amides is 1. The van der Waals surface area contributed by atoms with Crippen LogP contribution in [0.4, 0.5) is 0 Å². The number of carbonyl (C=O) groups excluding carboxylic acids is 2. The van der Waals surface area contributed by atoms with E-state index in [4.69, 9.17) is 9.47 Å². The summed E-state index contributed by atoms with van der Waals surface area (Å²) < 4.78 is 10.7. The predicted molar refractivity (Wildman–Crippen MR) is 103 cm³/mol. The van der Waals surface area contributed by atoms with Crippen LogP contribution in [0.3, 0.4) is 0 Å². The number of esters is 1. The second-order valence-electron chi connectivity index (χ2n) is 6.86. The van der Waals surface area contributed by atoms with Gasteiger partial charge in [0.05, 0.1) is 7.11 Å². The Morgan fingerprint density at radius 1 is 1.11 bits per heavy atom. The van der Waals surface area contributed by atoms with Gasteiger partial charge in [-0.25, -0.2) is 4.79 Å². The van der Waals surface area contributed by atoms with E-state index >= 15 is 0 Å². The number of rotatable bonds is 6. The van der Waals surface area contributed by atoms with Crippen LogP contribution in [0.1, 0.15) is 37.7 Å². The maximum absolute atomic E-state index is 12.7. The van der Waals surface area contributed by atoms with Gasteiger partial charge in [-0.15, -0.1) is 0 Å². The van der Waals surface area contributed by atoms with Gasteiger partial charge in [0.2, 0.25) is 5.91 Å². The third-order valence-electron chi connectivity index (χ3n) is 4.93. The third-order valence-corrected chi connectivity index (χ3v) is 4.93. The molecular weight excluding hydrogens is 342 g/mol. The van der Waals surface area contributed by atoms with E-state index in [9.17, 15) is 9.59 Å². The molecule has 0 N–H and O–H groups in total. The average molecular weight is 367 g/mol. The normalized spacial score (nSPS) is 17.4. The summed E-state index contributed by atoms with van der Waals surface area (Å²) in [6.07, 6.45) is 1.86. The highest BCUT2D eigenvalue weighted by atomic mass is 16.5. The number of benzene rings is 2. The van der Waals surface area contributed by atoms with Gasteiger partial charge < -0.3 is 14.4 Å². The molecule has 27 heavy (non-hydrogen) atoms. The van der Waals surface area contributed by atoms with Gasteiger partial charge in [-0.2, -0.15) is 0 Å². The fourth-order valence-corrected chi connectivity index (χ4v) is 3.45. The third kappa shape index (κ3) is 4.67. The Labute approximate surface area is 159 Å². The lowest BCUT2D eigenvalue weighted by Gasteiger charge is -2.24. The van der Waals surface area contributed by atoms with Crippen LogP contribution in [0.5, 0.6) is 11.5 Å². The molecule has 0 radical (unpaired) electrons. The summed E-state index contributed by atoms with van der Waals surface area (Å²) in [5.41, 5.74) is 1.03. The minimum absolute atomic E-state index is 0.00946. The van der Waals surface area contributed by atoms with Crippen LogP contribution in [0.15, 0.2) is 54.6 Å². The average Bonchev–Trinajstić information content (AvgIpc) is 3.18. The summed E-state index contributed by atoms with van der Waals surface area (Å²) in [5, 5.41) is 0. The zero-order chi connectivity index (χ0) is 19.2. The topological polar surface area (TPSA) is 55.8 Å². The van der Waals surface area contributed by atoms with E-state index in [2.05, 4.69) is 0 Å². The van der Waals surface area contributed by atoms with Crippen molar-refractivity contribution in [1.82, 2.24) is 4.90 Å². The Hall–Kier alpha value is -2.82. The van der Waals surface area contributed by atoms with E-state index in [1.165, 1.54) is 7.11 Å². The maximum Gasteiger partial charge on any atom is 0.328 e. The molecule has 1 aliphatic rings. The Kier molecular flexibility index (Phi) is 6.12. The molecule has 1 heterocycles. The Morgan fingerprint density at radius 3 is 2.59 bits per heavy atom. The maximum atomic E-state index is 12.7. The Bertz CT molecular complexity index is 790. The first kappa shape index (κ1) is 19.0. The molecule has 2 atom stereocenters. The highest BCUT2D eigenvalue weighted by Crippen LogP contribution is 2.28. The molecule has 0 spiro atoms. The van der Waals surface area contributed by atoms with Crippen LogP contribution in [-0.4, -0.2) is 36.5 Å². The first-order valence-corrected chi connectivity index (χ1v) is 9.28. The zero-order valence-electron chi connectivity index (χ0n) is 15.8. The van der Waals surface area contributed by atoms with Crippen LogP contribution >= 0.6 is 0 Å². The van der Waals surface area contributed by atoms with Crippen LogP contribution in [-0.2, 0) is 14.3 Å². The number of hydrogen-bond donors (Lipinski definition) is 0. The van der Waals surface area contributed by atoms with E-state index in [0.29, 0.717) is 19.4 Å². The van der Waals surface area contributed by atoms with E-state index in [1.807, 2.05) is 61.5 Å². The number of likely N-dealkylation sites (tertiary alicyclic amines) is 1. The number of carbonyl (C=O) groups is 2. The molecule has 142 valence electrons. The van der Waals surface area contributed by atoms with E-state index in [1.54, 1.807) is 4.90 Å². The van der Waals surface area contributed by atoms with Crippen molar-refractivity contribution in [3.8, 4) is 11.5 Å². The summed E-state index contributed by atoms with van der Waals surface area (Å²) in [5.74, 6) is 1.20.